The van der Waals surface area contributed by atoms with Crippen molar-refractivity contribution in [3.8, 4) is 0 Å². The van der Waals surface area contributed by atoms with Crippen molar-refractivity contribution in [2.75, 3.05) is 0 Å². The van der Waals surface area contributed by atoms with E-state index in [-0.39, 0.29) is 5.38 Å². The van der Waals surface area contributed by atoms with E-state index in [1.807, 2.05) is 11.3 Å². The summed E-state index contributed by atoms with van der Waals surface area (Å²) < 4.78 is 0. The average Bonchev–Trinajstić information content (AvgIpc) is 2.93. The molecular formula is C15H15ClS. The van der Waals surface area contributed by atoms with Crippen molar-refractivity contribution in [3.05, 3.63) is 57.3 Å². The summed E-state index contributed by atoms with van der Waals surface area (Å²) in [6.45, 7) is 2.14. The molecule has 17 heavy (non-hydrogen) atoms. The Labute approximate surface area is 111 Å². The van der Waals surface area contributed by atoms with Crippen molar-refractivity contribution >= 4 is 22.9 Å². The first-order valence-corrected chi connectivity index (χ1v) is 7.26. The van der Waals surface area contributed by atoms with E-state index in [1.165, 1.54) is 20.9 Å². The molecule has 1 aliphatic carbocycles. The van der Waals surface area contributed by atoms with Crippen molar-refractivity contribution in [2.24, 2.45) is 5.92 Å². The maximum atomic E-state index is 6.63. The van der Waals surface area contributed by atoms with Gasteiger partial charge >= 0.3 is 0 Å². The van der Waals surface area contributed by atoms with Crippen molar-refractivity contribution in [2.45, 2.75) is 25.1 Å². The molecule has 0 saturated carbocycles. The summed E-state index contributed by atoms with van der Waals surface area (Å²) in [5, 5.41) is 0.168. The lowest BCUT2D eigenvalue weighted by Gasteiger charge is -2.14. The molecule has 1 aromatic carbocycles. The first-order chi connectivity index (χ1) is 8.24. The molecule has 0 fully saturated rings. The second kappa shape index (κ2) is 4.47. The molecule has 1 aliphatic rings. The van der Waals surface area contributed by atoms with Gasteiger partial charge in [0.05, 0.1) is 5.38 Å². The summed E-state index contributed by atoms with van der Waals surface area (Å²) in [4.78, 5) is 2.67. The van der Waals surface area contributed by atoms with E-state index >= 15 is 0 Å². The molecule has 88 valence electrons. The predicted molar refractivity (Wildman–Crippen MR) is 75.0 cm³/mol. The molecule has 1 unspecified atom stereocenters. The summed E-state index contributed by atoms with van der Waals surface area (Å²) in [7, 11) is 0. The number of aryl methyl sites for hydroxylation is 1. The molecule has 0 radical (unpaired) electrons. The van der Waals surface area contributed by atoms with Gasteiger partial charge in [0.25, 0.3) is 0 Å². The molecule has 2 aromatic rings. The Morgan fingerprint density at radius 3 is 2.29 bits per heavy atom. The average molecular weight is 263 g/mol. The van der Waals surface area contributed by atoms with E-state index in [0.29, 0.717) is 5.92 Å². The molecule has 0 amide bonds. The Morgan fingerprint density at radius 1 is 1.12 bits per heavy atom. The largest absolute Gasteiger partial charge is 0.144 e. The highest BCUT2D eigenvalue weighted by Crippen LogP contribution is 2.41. The van der Waals surface area contributed by atoms with Crippen molar-refractivity contribution in [1.29, 1.82) is 0 Å². The molecular weight excluding hydrogens is 248 g/mol. The maximum absolute atomic E-state index is 6.63. The first-order valence-electron chi connectivity index (χ1n) is 6.01. The number of halogens is 1. The van der Waals surface area contributed by atoms with E-state index < -0.39 is 0 Å². The number of fused-ring (bicyclic) bond motifs is 1. The molecule has 0 N–H and O–H groups in total. The molecule has 1 heterocycles. The number of alkyl halides is 1. The van der Waals surface area contributed by atoms with Gasteiger partial charge in [-0.2, -0.15) is 0 Å². The van der Waals surface area contributed by atoms with Gasteiger partial charge in [0.1, 0.15) is 0 Å². The van der Waals surface area contributed by atoms with Crippen LogP contribution in [0.25, 0.3) is 0 Å². The van der Waals surface area contributed by atoms with E-state index in [9.17, 15) is 0 Å². The lowest BCUT2D eigenvalue weighted by molar-refractivity contribution is 0.546. The van der Waals surface area contributed by atoms with Crippen LogP contribution in [0.3, 0.4) is 0 Å². The zero-order valence-corrected chi connectivity index (χ0v) is 11.4. The molecule has 0 nitrogen and oxygen atoms in total. The van der Waals surface area contributed by atoms with Crippen LogP contribution in [0, 0.1) is 12.8 Å². The van der Waals surface area contributed by atoms with Gasteiger partial charge in [0.15, 0.2) is 0 Å². The van der Waals surface area contributed by atoms with Crippen LogP contribution in [0.4, 0.5) is 0 Å². The zero-order valence-electron chi connectivity index (χ0n) is 9.82. The molecule has 0 spiro atoms. The van der Waals surface area contributed by atoms with Crippen LogP contribution in [-0.2, 0) is 12.8 Å². The molecule has 0 bridgehead atoms. The number of rotatable bonds is 2. The standard InChI is InChI=1S/C15H15ClS/c1-10-6-7-14(17-10)15(16)13-8-11-4-2-3-5-12(11)9-13/h2-7,13,15H,8-9H2,1H3. The van der Waals surface area contributed by atoms with Crippen LogP contribution < -0.4 is 0 Å². The summed E-state index contributed by atoms with van der Waals surface area (Å²) in [5.41, 5.74) is 2.97. The highest BCUT2D eigenvalue weighted by Gasteiger charge is 2.28. The van der Waals surface area contributed by atoms with Gasteiger partial charge in [-0.15, -0.1) is 22.9 Å². The van der Waals surface area contributed by atoms with Crippen LogP contribution in [0.5, 0.6) is 0 Å². The van der Waals surface area contributed by atoms with Gasteiger partial charge in [-0.1, -0.05) is 24.3 Å². The van der Waals surface area contributed by atoms with Gasteiger partial charge < -0.3 is 0 Å². The van der Waals surface area contributed by atoms with E-state index in [0.717, 1.165) is 12.8 Å². The van der Waals surface area contributed by atoms with Crippen molar-refractivity contribution < 1.29 is 0 Å². The number of hydrogen-bond acceptors (Lipinski definition) is 1. The van der Waals surface area contributed by atoms with E-state index in [2.05, 4.69) is 43.3 Å². The van der Waals surface area contributed by atoms with Gasteiger partial charge in [-0.3, -0.25) is 0 Å². The minimum absolute atomic E-state index is 0.168. The molecule has 1 aromatic heterocycles. The normalized spacial score (nSPS) is 17.1. The number of benzene rings is 1. The van der Waals surface area contributed by atoms with Crippen LogP contribution in [0.15, 0.2) is 36.4 Å². The Balaban J connectivity index is 1.80. The third-order valence-electron chi connectivity index (χ3n) is 3.53. The van der Waals surface area contributed by atoms with E-state index in [4.69, 9.17) is 11.6 Å². The Bertz CT molecular complexity index is 504. The van der Waals surface area contributed by atoms with Crippen LogP contribution in [0.2, 0.25) is 0 Å². The SMILES string of the molecule is Cc1ccc(C(Cl)C2Cc3ccccc3C2)s1. The second-order valence-corrected chi connectivity index (χ2v) is 6.58. The summed E-state index contributed by atoms with van der Waals surface area (Å²) >= 11 is 8.46. The van der Waals surface area contributed by atoms with Crippen LogP contribution >= 0.6 is 22.9 Å². The molecule has 0 aliphatic heterocycles. The molecule has 3 rings (SSSR count). The minimum atomic E-state index is 0.168. The van der Waals surface area contributed by atoms with Gasteiger partial charge in [-0.25, -0.2) is 0 Å². The van der Waals surface area contributed by atoms with Crippen molar-refractivity contribution in [3.63, 3.8) is 0 Å². The Hall–Kier alpha value is -0.790. The lowest BCUT2D eigenvalue weighted by Crippen LogP contribution is -2.06. The third-order valence-corrected chi connectivity index (χ3v) is 5.33. The first kappa shape index (κ1) is 11.3. The number of thiophene rings is 1. The summed E-state index contributed by atoms with van der Waals surface area (Å²) in [6.07, 6.45) is 2.25. The third kappa shape index (κ3) is 2.14. The van der Waals surface area contributed by atoms with Gasteiger partial charge in [-0.05, 0) is 48.9 Å². The summed E-state index contributed by atoms with van der Waals surface area (Å²) in [6, 6.07) is 13.1. The van der Waals surface area contributed by atoms with Crippen LogP contribution in [-0.4, -0.2) is 0 Å². The molecule has 2 heteroatoms. The van der Waals surface area contributed by atoms with Gasteiger partial charge in [0, 0.05) is 9.75 Å². The molecule has 0 saturated heterocycles. The molecule has 1 atom stereocenters. The highest BCUT2D eigenvalue weighted by atomic mass is 35.5. The van der Waals surface area contributed by atoms with Gasteiger partial charge in [0.2, 0.25) is 0 Å². The fraction of sp³-hybridized carbons (Fsp3) is 0.333. The van der Waals surface area contributed by atoms with Crippen molar-refractivity contribution in [1.82, 2.24) is 0 Å². The Morgan fingerprint density at radius 2 is 1.76 bits per heavy atom. The number of hydrogen-bond donors (Lipinski definition) is 0. The topological polar surface area (TPSA) is 0 Å². The fourth-order valence-corrected chi connectivity index (χ4v) is 3.97. The maximum Gasteiger partial charge on any atom is 0.0713 e. The lowest BCUT2D eigenvalue weighted by atomic mass is 10.0. The summed E-state index contributed by atoms with van der Waals surface area (Å²) in [5.74, 6) is 0.562. The predicted octanol–water partition coefficient (Wildman–Crippen LogP) is 4.75. The van der Waals surface area contributed by atoms with Crippen LogP contribution in [0.1, 0.15) is 26.3 Å². The zero-order chi connectivity index (χ0) is 11.8. The monoisotopic (exact) mass is 262 g/mol. The fourth-order valence-electron chi connectivity index (χ4n) is 2.63. The second-order valence-electron chi connectivity index (χ2n) is 4.79. The smallest absolute Gasteiger partial charge is 0.0713 e. The Kier molecular flexibility index (Phi) is 2.97. The van der Waals surface area contributed by atoms with E-state index in [1.54, 1.807) is 0 Å². The highest BCUT2D eigenvalue weighted by molar-refractivity contribution is 7.12. The minimum Gasteiger partial charge on any atom is -0.144 e. The quantitative estimate of drug-likeness (QED) is 0.685.